The van der Waals surface area contributed by atoms with Gasteiger partial charge in [0.2, 0.25) is 0 Å². The smallest absolute Gasteiger partial charge is 0.394 e. The zero-order valence-electron chi connectivity index (χ0n) is 13.3. The molecule has 26 heavy (non-hydrogen) atoms. The number of rotatable bonds is 6. The molecule has 0 bridgehead atoms. The maximum atomic E-state index is 10.8. The maximum Gasteiger partial charge on any atom is 0.466 e. The van der Waals surface area contributed by atoms with E-state index in [0.29, 0.717) is 0 Å². The SMILES string of the molecule is O=S(=O)(O)O/N=C(/Cc1ccccc1)S[C@@H]1O[C@@H](CO)[C@@H](O)[C@@H](O)[C@H]1O. The Kier molecular flexibility index (Phi) is 7.37. The Morgan fingerprint density at radius 3 is 2.38 bits per heavy atom. The van der Waals surface area contributed by atoms with Crippen molar-refractivity contribution in [2.45, 2.75) is 36.3 Å². The molecule has 0 radical (unpaired) electrons. The van der Waals surface area contributed by atoms with Gasteiger partial charge in [-0.15, -0.1) is 0 Å². The average Bonchev–Trinajstić information content (AvgIpc) is 2.60. The Labute approximate surface area is 154 Å². The highest BCUT2D eigenvalue weighted by molar-refractivity contribution is 8.14. The van der Waals surface area contributed by atoms with Crippen LogP contribution in [0.1, 0.15) is 5.56 Å². The molecule has 2 rings (SSSR count). The summed E-state index contributed by atoms with van der Waals surface area (Å²) in [5.41, 5.74) is -0.444. The van der Waals surface area contributed by atoms with E-state index in [0.717, 1.165) is 17.3 Å². The van der Waals surface area contributed by atoms with Crippen LogP contribution in [-0.4, -0.2) is 74.9 Å². The highest BCUT2D eigenvalue weighted by atomic mass is 32.3. The van der Waals surface area contributed by atoms with Gasteiger partial charge in [0.1, 0.15) is 34.9 Å². The maximum absolute atomic E-state index is 10.8. The molecule has 5 atom stereocenters. The lowest BCUT2D eigenvalue weighted by Crippen LogP contribution is -2.57. The molecule has 12 heteroatoms. The summed E-state index contributed by atoms with van der Waals surface area (Å²) in [7, 11) is -4.83. The number of aliphatic hydroxyl groups is 4. The third-order valence-electron chi connectivity index (χ3n) is 3.53. The number of hydrogen-bond donors (Lipinski definition) is 5. The van der Waals surface area contributed by atoms with Crippen LogP contribution in [0.15, 0.2) is 35.5 Å². The fraction of sp³-hybridized carbons (Fsp3) is 0.500. The zero-order chi connectivity index (χ0) is 19.3. The minimum absolute atomic E-state index is 0.0122. The number of ether oxygens (including phenoxy) is 1. The van der Waals surface area contributed by atoms with E-state index in [2.05, 4.69) is 9.44 Å². The number of aliphatic hydroxyl groups excluding tert-OH is 4. The van der Waals surface area contributed by atoms with Crippen LogP contribution in [0.4, 0.5) is 0 Å². The van der Waals surface area contributed by atoms with Gasteiger partial charge in [0, 0.05) is 6.42 Å². The van der Waals surface area contributed by atoms with E-state index in [9.17, 15) is 28.8 Å². The number of benzene rings is 1. The topological polar surface area (TPSA) is 166 Å². The van der Waals surface area contributed by atoms with Crippen molar-refractivity contribution in [2.24, 2.45) is 5.16 Å². The van der Waals surface area contributed by atoms with E-state index in [4.69, 9.17) is 9.29 Å². The number of oxime groups is 1. The molecule has 1 aromatic rings. The molecule has 1 aliphatic rings. The van der Waals surface area contributed by atoms with Crippen LogP contribution in [0.2, 0.25) is 0 Å². The van der Waals surface area contributed by atoms with Crippen molar-refractivity contribution in [3.05, 3.63) is 35.9 Å². The molecule has 146 valence electrons. The predicted octanol–water partition coefficient (Wildman–Crippen LogP) is -1.10. The molecule has 1 saturated heterocycles. The highest BCUT2D eigenvalue weighted by Crippen LogP contribution is 2.30. The van der Waals surface area contributed by atoms with Crippen LogP contribution in [0, 0.1) is 0 Å². The van der Waals surface area contributed by atoms with E-state index in [1.807, 2.05) is 0 Å². The molecule has 1 fully saturated rings. The van der Waals surface area contributed by atoms with Gasteiger partial charge in [-0.05, 0) is 5.56 Å². The summed E-state index contributed by atoms with van der Waals surface area (Å²) in [4.78, 5) is 0. The molecule has 0 amide bonds. The van der Waals surface area contributed by atoms with Gasteiger partial charge in [-0.2, -0.15) is 8.42 Å². The third kappa shape index (κ3) is 5.89. The van der Waals surface area contributed by atoms with Crippen LogP contribution in [0.25, 0.3) is 0 Å². The molecule has 5 N–H and O–H groups in total. The molecule has 1 heterocycles. The Morgan fingerprint density at radius 1 is 1.15 bits per heavy atom. The molecule has 1 aliphatic heterocycles. The average molecular weight is 409 g/mol. The molecule has 0 spiro atoms. The van der Waals surface area contributed by atoms with Crippen LogP contribution < -0.4 is 0 Å². The summed E-state index contributed by atoms with van der Waals surface area (Å²) in [5.74, 6) is 0. The first-order chi connectivity index (χ1) is 12.2. The first-order valence-corrected chi connectivity index (χ1v) is 9.69. The Morgan fingerprint density at radius 2 is 1.81 bits per heavy atom. The summed E-state index contributed by atoms with van der Waals surface area (Å²) >= 11 is 0.729. The lowest BCUT2D eigenvalue weighted by atomic mass is 10.0. The Hall–Kier alpha value is -1.25. The summed E-state index contributed by atoms with van der Waals surface area (Å²) in [6, 6.07) is 8.73. The van der Waals surface area contributed by atoms with Gasteiger partial charge >= 0.3 is 10.4 Å². The molecule has 0 aromatic heterocycles. The van der Waals surface area contributed by atoms with Gasteiger partial charge < -0.3 is 25.2 Å². The molecule has 0 saturated carbocycles. The van der Waals surface area contributed by atoms with Crippen LogP contribution in [0.5, 0.6) is 0 Å². The highest BCUT2D eigenvalue weighted by Gasteiger charge is 2.44. The van der Waals surface area contributed by atoms with Gasteiger partial charge in [-0.3, -0.25) is 4.55 Å². The van der Waals surface area contributed by atoms with E-state index in [-0.39, 0.29) is 11.5 Å². The molecular weight excluding hydrogens is 390 g/mol. The van der Waals surface area contributed by atoms with Gasteiger partial charge in [-0.1, -0.05) is 47.2 Å². The van der Waals surface area contributed by atoms with Crippen LogP contribution in [0.3, 0.4) is 0 Å². The third-order valence-corrected chi connectivity index (χ3v) is 4.91. The largest absolute Gasteiger partial charge is 0.466 e. The second-order valence-electron chi connectivity index (χ2n) is 5.46. The van der Waals surface area contributed by atoms with E-state index in [1.54, 1.807) is 30.3 Å². The molecule has 1 aromatic carbocycles. The van der Waals surface area contributed by atoms with Crippen LogP contribution >= 0.6 is 11.8 Å². The second kappa shape index (κ2) is 9.10. The van der Waals surface area contributed by atoms with Crippen molar-refractivity contribution in [2.75, 3.05) is 6.61 Å². The van der Waals surface area contributed by atoms with Crippen molar-refractivity contribution in [3.63, 3.8) is 0 Å². The standard InChI is InChI=1S/C14H19NO9S2/c16-7-9-11(17)12(18)13(19)14(23-9)25-10(15-24-26(20,21)22)6-8-4-2-1-3-5-8/h1-5,9,11-14,16-19H,6-7H2,(H,20,21,22)/b15-10-/t9-,11+,12+,13+,14-/m0/s1. The quantitative estimate of drug-likeness (QED) is 0.168. The fourth-order valence-corrected chi connectivity index (χ4v) is 3.58. The van der Waals surface area contributed by atoms with Gasteiger partial charge in [-0.25, -0.2) is 4.28 Å². The lowest BCUT2D eigenvalue weighted by molar-refractivity contribution is -0.205. The van der Waals surface area contributed by atoms with Gasteiger partial charge in [0.25, 0.3) is 0 Å². The summed E-state index contributed by atoms with van der Waals surface area (Å²) < 4.78 is 39.6. The van der Waals surface area contributed by atoms with Crippen LogP contribution in [-0.2, 0) is 25.8 Å². The number of nitrogens with zero attached hydrogens (tertiary/aromatic N) is 1. The Balaban J connectivity index is 2.19. The first kappa shape index (κ1) is 21.1. The van der Waals surface area contributed by atoms with Gasteiger partial charge in [0.15, 0.2) is 0 Å². The predicted molar refractivity (Wildman–Crippen MR) is 91.6 cm³/mol. The number of thioether (sulfide) groups is 1. The summed E-state index contributed by atoms with van der Waals surface area (Å²) in [5, 5.41) is 42.2. The molecule has 10 nitrogen and oxygen atoms in total. The molecule has 0 unspecified atom stereocenters. The van der Waals surface area contributed by atoms with E-state index >= 15 is 0 Å². The monoisotopic (exact) mass is 409 g/mol. The minimum atomic E-state index is -4.83. The minimum Gasteiger partial charge on any atom is -0.394 e. The van der Waals surface area contributed by atoms with Crippen molar-refractivity contribution < 1.29 is 42.4 Å². The van der Waals surface area contributed by atoms with Gasteiger partial charge in [0.05, 0.1) is 6.61 Å². The zero-order valence-corrected chi connectivity index (χ0v) is 15.0. The van der Waals surface area contributed by atoms with E-state index in [1.165, 1.54) is 0 Å². The summed E-state index contributed by atoms with van der Waals surface area (Å²) in [6.07, 6.45) is -5.68. The number of hydrogen-bond acceptors (Lipinski definition) is 10. The second-order valence-corrected chi connectivity index (χ2v) is 7.64. The van der Waals surface area contributed by atoms with Crippen molar-refractivity contribution in [3.8, 4) is 0 Å². The van der Waals surface area contributed by atoms with Crippen molar-refractivity contribution >= 4 is 27.2 Å². The molecule has 0 aliphatic carbocycles. The van der Waals surface area contributed by atoms with Crippen molar-refractivity contribution in [1.29, 1.82) is 0 Å². The lowest BCUT2D eigenvalue weighted by Gasteiger charge is -2.39. The van der Waals surface area contributed by atoms with Crippen molar-refractivity contribution in [1.82, 2.24) is 0 Å². The normalized spacial score (nSPS) is 30.2. The Bertz CT molecular complexity index is 710. The van der Waals surface area contributed by atoms with E-state index < -0.39 is 46.9 Å². The summed E-state index contributed by atoms with van der Waals surface area (Å²) in [6.45, 7) is -0.602. The molecular formula is C14H19NO9S2. The first-order valence-electron chi connectivity index (χ1n) is 7.45. The fourth-order valence-electron chi connectivity index (χ4n) is 2.25.